The number of allylic oxidation sites excluding steroid dienone is 3. The fourth-order valence-electron chi connectivity index (χ4n) is 13.2. The van der Waals surface area contributed by atoms with Gasteiger partial charge in [0.15, 0.2) is 5.78 Å². The molecule has 3 aliphatic carbocycles. The standard InChI is InChI=1S/C72H44N2OS4/c1-41-15-21-46(22-16-41)71(45-10-5-4-6-11-45)57-28-31-61-54(37-65(78-61)63-14-9-33-76-63)68(57)52-36-60-53(35-59(52)71)69-55-38-66(64-30-27-49(77-64)34-56-67(44(39-73)40-74)50-12-7-8-13-51(50)70(56)75)79-62(55)32-29-58(69)72(60,47-23-17-42(2)18-24-47)48-25-19-43(3)20-26-48/h4-38H,1-3H3/b56-34-. The quantitative estimate of drug-likeness (QED) is 0.118. The number of hydrogen-bond donors (Lipinski definition) is 0. The minimum atomic E-state index is -0.686. The molecule has 12 aromatic rings. The van der Waals surface area contributed by atoms with Crippen molar-refractivity contribution in [3.8, 4) is 53.9 Å². The third-order valence-corrected chi connectivity index (χ3v) is 21.2. The summed E-state index contributed by atoms with van der Waals surface area (Å²) in [5.74, 6) is -0.179. The predicted octanol–water partition coefficient (Wildman–Crippen LogP) is 19.3. The van der Waals surface area contributed by atoms with E-state index in [0.717, 1.165) is 14.6 Å². The van der Waals surface area contributed by atoms with Gasteiger partial charge in [-0.25, -0.2) is 0 Å². The summed E-state index contributed by atoms with van der Waals surface area (Å²) in [6.07, 6.45) is 1.86. The highest BCUT2D eigenvalue weighted by molar-refractivity contribution is 7.26. The molecule has 0 fully saturated rings. The largest absolute Gasteiger partial charge is 0.289 e. The number of Topliss-reactive ketones (excluding diaryl/α,β-unsaturated/α-hetero) is 1. The van der Waals surface area contributed by atoms with Gasteiger partial charge in [0.1, 0.15) is 17.7 Å². The van der Waals surface area contributed by atoms with E-state index in [2.05, 4.69) is 208 Å². The monoisotopic (exact) mass is 1080 g/mol. The molecule has 1 atom stereocenters. The Morgan fingerprint density at radius 1 is 0.443 bits per heavy atom. The minimum absolute atomic E-state index is 0.0650. The lowest BCUT2D eigenvalue weighted by molar-refractivity contribution is 0.104. The SMILES string of the molecule is Cc1ccc(C2(c3ccccc3)c3cc4c(cc3-c3c2ccc2sc(-c5cccs5)cc32)C(c2ccc(C)cc2)(c2ccc(C)cc2)c2ccc3sc(-c5ccc(/C=C6\C(=O)c7ccccc7C6=C(C#N)C#N)s5)cc3c2-4)cc1. The number of hydrogen-bond acceptors (Lipinski definition) is 7. The van der Waals surface area contributed by atoms with Gasteiger partial charge < -0.3 is 0 Å². The number of carbonyl (C=O) groups is 1. The number of thiophene rings is 4. The van der Waals surface area contributed by atoms with Crippen LogP contribution in [0, 0.1) is 43.4 Å². The van der Waals surface area contributed by atoms with E-state index < -0.39 is 10.8 Å². The lowest BCUT2D eigenvalue weighted by Gasteiger charge is -2.35. The van der Waals surface area contributed by atoms with E-state index in [9.17, 15) is 15.3 Å². The second kappa shape index (κ2) is 17.9. The molecule has 3 aliphatic rings. The fourth-order valence-corrected chi connectivity index (χ4v) is 17.2. The Labute approximate surface area is 474 Å². The van der Waals surface area contributed by atoms with Gasteiger partial charge in [-0.05, 0) is 159 Å². The number of carbonyl (C=O) groups excluding carboxylic acids is 1. The number of nitrogens with zero attached hydrogens (tertiary/aromatic N) is 2. The van der Waals surface area contributed by atoms with E-state index in [4.69, 9.17) is 0 Å². The van der Waals surface area contributed by atoms with Gasteiger partial charge in [0.2, 0.25) is 0 Å². The molecule has 0 aliphatic heterocycles. The number of ketones is 1. The molecule has 0 amide bonds. The molecule has 3 nitrogen and oxygen atoms in total. The molecule has 7 heteroatoms. The van der Waals surface area contributed by atoms with Crippen LogP contribution in [0.2, 0.25) is 0 Å². The van der Waals surface area contributed by atoms with Crippen LogP contribution in [-0.4, -0.2) is 5.78 Å². The maximum Gasteiger partial charge on any atom is 0.194 e. The smallest absolute Gasteiger partial charge is 0.194 e. The van der Waals surface area contributed by atoms with Gasteiger partial charge in [-0.2, -0.15) is 10.5 Å². The molecule has 15 rings (SSSR count). The van der Waals surface area contributed by atoms with E-state index >= 15 is 0 Å². The fraction of sp³-hybridized carbons (Fsp3) is 0.0694. The molecule has 0 N–H and O–H groups in total. The molecule has 4 aromatic heterocycles. The highest BCUT2D eigenvalue weighted by Gasteiger charge is 2.52. The van der Waals surface area contributed by atoms with E-state index in [0.29, 0.717) is 22.3 Å². The van der Waals surface area contributed by atoms with Crippen molar-refractivity contribution in [2.75, 3.05) is 0 Å². The van der Waals surface area contributed by atoms with E-state index in [1.807, 2.05) is 41.7 Å². The average Bonchev–Trinajstić information content (AvgIpc) is 3.14. The number of nitriles is 2. The van der Waals surface area contributed by atoms with Crippen molar-refractivity contribution in [3.05, 3.63) is 294 Å². The van der Waals surface area contributed by atoms with Crippen LogP contribution in [-0.2, 0) is 10.8 Å². The van der Waals surface area contributed by atoms with Gasteiger partial charge >= 0.3 is 0 Å². The summed E-state index contributed by atoms with van der Waals surface area (Å²) in [5, 5.41) is 24.7. The molecule has 8 aromatic carbocycles. The maximum atomic E-state index is 14.0. The van der Waals surface area contributed by atoms with Crippen molar-refractivity contribution < 1.29 is 4.79 Å². The van der Waals surface area contributed by atoms with Crippen LogP contribution in [0.5, 0.6) is 0 Å². The molecule has 372 valence electrons. The minimum Gasteiger partial charge on any atom is -0.289 e. The topological polar surface area (TPSA) is 64.7 Å². The number of fused-ring (bicyclic) bond motifs is 11. The van der Waals surface area contributed by atoms with Crippen LogP contribution in [0.15, 0.2) is 217 Å². The van der Waals surface area contributed by atoms with Crippen LogP contribution in [0.3, 0.4) is 0 Å². The lowest BCUT2D eigenvalue weighted by Crippen LogP contribution is -2.30. The van der Waals surface area contributed by atoms with E-state index in [1.165, 1.54) is 113 Å². The van der Waals surface area contributed by atoms with Crippen molar-refractivity contribution in [1.29, 1.82) is 10.5 Å². The lowest BCUT2D eigenvalue weighted by atomic mass is 9.65. The van der Waals surface area contributed by atoms with Crippen molar-refractivity contribution in [1.82, 2.24) is 0 Å². The van der Waals surface area contributed by atoms with Crippen molar-refractivity contribution in [2.45, 2.75) is 31.6 Å². The molecule has 0 radical (unpaired) electrons. The van der Waals surface area contributed by atoms with Gasteiger partial charge in [-0.1, -0.05) is 162 Å². The van der Waals surface area contributed by atoms with Crippen molar-refractivity contribution in [2.24, 2.45) is 0 Å². The number of aryl methyl sites for hydroxylation is 3. The summed E-state index contributed by atoms with van der Waals surface area (Å²) in [6, 6.07) is 78.5. The van der Waals surface area contributed by atoms with Crippen LogP contribution >= 0.6 is 45.3 Å². The third kappa shape index (κ3) is 6.81. The Hall–Kier alpha value is -8.79. The zero-order chi connectivity index (χ0) is 53.3. The molecule has 1 unspecified atom stereocenters. The van der Waals surface area contributed by atoms with E-state index in [-0.39, 0.29) is 11.4 Å². The van der Waals surface area contributed by atoms with Gasteiger partial charge in [0, 0.05) is 61.3 Å². The Bertz CT molecular complexity index is 4640. The summed E-state index contributed by atoms with van der Waals surface area (Å²) < 4.78 is 2.47. The highest BCUT2D eigenvalue weighted by Crippen LogP contribution is 2.65. The van der Waals surface area contributed by atoms with Gasteiger partial charge in [0.25, 0.3) is 0 Å². The molecule has 79 heavy (non-hydrogen) atoms. The molecule has 0 saturated carbocycles. The first-order chi connectivity index (χ1) is 38.7. The van der Waals surface area contributed by atoms with Gasteiger partial charge in [-0.15, -0.1) is 45.3 Å². The summed E-state index contributed by atoms with van der Waals surface area (Å²) in [5.41, 5.74) is 19.2. The van der Waals surface area contributed by atoms with Crippen LogP contribution in [0.4, 0.5) is 0 Å². The maximum absolute atomic E-state index is 14.0. The van der Waals surface area contributed by atoms with E-state index in [1.54, 1.807) is 40.1 Å². The number of rotatable bonds is 7. The number of benzene rings is 8. The highest BCUT2D eigenvalue weighted by atomic mass is 32.1. The molecule has 0 bridgehead atoms. The van der Waals surface area contributed by atoms with Crippen LogP contribution in [0.25, 0.3) is 73.6 Å². The zero-order valence-electron chi connectivity index (χ0n) is 43.1. The Kier molecular flexibility index (Phi) is 10.7. The normalized spacial score (nSPS) is 15.9. The van der Waals surface area contributed by atoms with Crippen molar-refractivity contribution >= 4 is 83.0 Å². The Morgan fingerprint density at radius 2 is 0.937 bits per heavy atom. The van der Waals surface area contributed by atoms with Crippen molar-refractivity contribution in [3.63, 3.8) is 0 Å². The molecular formula is C72H44N2OS4. The molecule has 0 spiro atoms. The van der Waals surface area contributed by atoms with Crippen LogP contribution in [0.1, 0.15) is 82.0 Å². The van der Waals surface area contributed by atoms with Crippen LogP contribution < -0.4 is 0 Å². The molecular weight excluding hydrogens is 1040 g/mol. The first kappa shape index (κ1) is 47.4. The Morgan fingerprint density at radius 3 is 1.44 bits per heavy atom. The summed E-state index contributed by atoms with van der Waals surface area (Å²) in [6.45, 7) is 6.52. The third-order valence-electron chi connectivity index (χ3n) is 16.7. The molecule has 4 heterocycles. The summed E-state index contributed by atoms with van der Waals surface area (Å²) >= 11 is 7.08. The summed E-state index contributed by atoms with van der Waals surface area (Å²) in [7, 11) is 0. The zero-order valence-corrected chi connectivity index (χ0v) is 46.4. The average molecular weight is 1080 g/mol. The first-order valence-electron chi connectivity index (χ1n) is 26.3. The summed E-state index contributed by atoms with van der Waals surface area (Å²) in [4.78, 5) is 19.6. The second-order valence-electron chi connectivity index (χ2n) is 21.0. The first-order valence-corrected chi connectivity index (χ1v) is 29.7. The van der Waals surface area contributed by atoms with Gasteiger partial charge in [0.05, 0.1) is 10.8 Å². The second-order valence-corrected chi connectivity index (χ2v) is 25.2. The van der Waals surface area contributed by atoms with Gasteiger partial charge in [-0.3, -0.25) is 4.79 Å². The molecule has 0 saturated heterocycles. The predicted molar refractivity (Wildman–Crippen MR) is 330 cm³/mol. The Balaban J connectivity index is 1.02.